The van der Waals surface area contributed by atoms with Crippen molar-refractivity contribution in [2.24, 2.45) is 0 Å². The molecule has 0 aliphatic carbocycles. The summed E-state index contributed by atoms with van der Waals surface area (Å²) in [6.07, 6.45) is 8.10. The number of aromatic nitrogens is 1. The van der Waals surface area contributed by atoms with E-state index in [-0.39, 0.29) is 0 Å². The number of anilines is 1. The minimum absolute atomic E-state index is 0.415. The maximum absolute atomic E-state index is 6.10. The predicted octanol–water partition coefficient (Wildman–Crippen LogP) is 5.27. The lowest BCUT2D eigenvalue weighted by Gasteiger charge is -2.15. The first-order chi connectivity index (χ1) is 8.13. The molecule has 0 bridgehead atoms. The van der Waals surface area contributed by atoms with Crippen LogP contribution in [0.5, 0.6) is 0 Å². The van der Waals surface area contributed by atoms with E-state index in [1.807, 2.05) is 6.07 Å². The van der Waals surface area contributed by atoms with E-state index >= 15 is 0 Å². The third-order valence-electron chi connectivity index (χ3n) is 2.68. The summed E-state index contributed by atoms with van der Waals surface area (Å²) in [5, 5.41) is 4.02. The van der Waals surface area contributed by atoms with E-state index in [9.17, 15) is 0 Å². The highest BCUT2D eigenvalue weighted by molar-refractivity contribution is 9.10. The highest BCUT2D eigenvalue weighted by atomic mass is 79.9. The summed E-state index contributed by atoms with van der Waals surface area (Å²) in [5.41, 5.74) is 0. The number of nitrogens with zero attached hydrogens (tertiary/aromatic N) is 1. The third kappa shape index (κ3) is 5.73. The maximum Gasteiger partial charge on any atom is 0.145 e. The van der Waals surface area contributed by atoms with Crippen LogP contribution in [0.4, 0.5) is 5.82 Å². The Morgan fingerprint density at radius 3 is 2.82 bits per heavy atom. The number of hydrogen-bond acceptors (Lipinski definition) is 2. The first-order valence-electron chi connectivity index (χ1n) is 6.21. The van der Waals surface area contributed by atoms with Gasteiger partial charge in [-0.25, -0.2) is 4.98 Å². The first-order valence-corrected chi connectivity index (χ1v) is 7.38. The van der Waals surface area contributed by atoms with Crippen molar-refractivity contribution in [3.63, 3.8) is 0 Å². The molecule has 96 valence electrons. The van der Waals surface area contributed by atoms with Crippen molar-refractivity contribution in [3.05, 3.63) is 21.8 Å². The highest BCUT2D eigenvalue weighted by Gasteiger charge is 2.06. The molecular formula is C13H20BrClN2. The number of pyridine rings is 1. The maximum atomic E-state index is 6.10. The van der Waals surface area contributed by atoms with Crippen LogP contribution >= 0.6 is 27.5 Å². The molecule has 0 radical (unpaired) electrons. The van der Waals surface area contributed by atoms with Crippen LogP contribution in [0, 0.1) is 0 Å². The minimum Gasteiger partial charge on any atom is -0.366 e. The predicted molar refractivity (Wildman–Crippen MR) is 78.8 cm³/mol. The fourth-order valence-corrected chi connectivity index (χ4v) is 2.39. The van der Waals surface area contributed by atoms with Crippen LogP contribution in [-0.4, -0.2) is 11.0 Å². The lowest BCUT2D eigenvalue weighted by molar-refractivity contribution is 0.593. The van der Waals surface area contributed by atoms with Crippen LogP contribution in [0.3, 0.4) is 0 Å². The molecule has 1 aromatic heterocycles. The zero-order valence-electron chi connectivity index (χ0n) is 10.5. The molecule has 0 aliphatic rings. The number of nitrogens with one attached hydrogen (secondary N) is 1. The standard InChI is InChI=1S/C13H20BrClN2/c1-3-4-5-6-7-10(2)17-13-12(15)8-11(14)9-16-13/h8-10H,3-7H2,1-2H3,(H,16,17). The number of unbranched alkanes of at least 4 members (excludes halogenated alkanes) is 3. The zero-order chi connectivity index (χ0) is 12.7. The van der Waals surface area contributed by atoms with E-state index in [1.54, 1.807) is 6.20 Å². The molecule has 0 aromatic carbocycles. The molecule has 0 amide bonds. The Bertz CT molecular complexity index is 344. The molecular weight excluding hydrogens is 300 g/mol. The van der Waals surface area contributed by atoms with Crippen molar-refractivity contribution >= 4 is 33.3 Å². The molecule has 1 aromatic rings. The molecule has 17 heavy (non-hydrogen) atoms. The summed E-state index contributed by atoms with van der Waals surface area (Å²) in [4.78, 5) is 4.27. The van der Waals surface area contributed by atoms with Crippen LogP contribution in [0.1, 0.15) is 46.0 Å². The molecule has 1 unspecified atom stereocenters. The lowest BCUT2D eigenvalue weighted by atomic mass is 10.1. The van der Waals surface area contributed by atoms with E-state index in [0.717, 1.165) is 16.7 Å². The van der Waals surface area contributed by atoms with Gasteiger partial charge in [-0.15, -0.1) is 0 Å². The van der Waals surface area contributed by atoms with Gasteiger partial charge in [0, 0.05) is 16.7 Å². The molecule has 1 N–H and O–H groups in total. The summed E-state index contributed by atoms with van der Waals surface area (Å²) < 4.78 is 0.906. The van der Waals surface area contributed by atoms with Crippen molar-refractivity contribution in [1.82, 2.24) is 4.98 Å². The van der Waals surface area contributed by atoms with E-state index in [0.29, 0.717) is 11.1 Å². The molecule has 0 fully saturated rings. The summed E-state index contributed by atoms with van der Waals surface area (Å²) in [5.74, 6) is 0.776. The first kappa shape index (κ1) is 14.8. The molecule has 1 atom stereocenters. The van der Waals surface area contributed by atoms with Crippen molar-refractivity contribution in [3.8, 4) is 0 Å². The van der Waals surface area contributed by atoms with Gasteiger partial charge in [-0.2, -0.15) is 0 Å². The molecule has 4 heteroatoms. The molecule has 1 heterocycles. The minimum atomic E-state index is 0.415. The highest BCUT2D eigenvalue weighted by Crippen LogP contribution is 2.24. The molecule has 0 saturated heterocycles. The van der Waals surface area contributed by atoms with Gasteiger partial charge in [-0.3, -0.25) is 0 Å². The van der Waals surface area contributed by atoms with E-state index < -0.39 is 0 Å². The van der Waals surface area contributed by atoms with Gasteiger partial charge < -0.3 is 5.32 Å². The van der Waals surface area contributed by atoms with Gasteiger partial charge in [0.15, 0.2) is 0 Å². The smallest absolute Gasteiger partial charge is 0.145 e. The Morgan fingerprint density at radius 1 is 1.41 bits per heavy atom. The Kier molecular flexibility index (Phi) is 6.90. The Morgan fingerprint density at radius 2 is 2.18 bits per heavy atom. The van der Waals surface area contributed by atoms with Gasteiger partial charge in [0.25, 0.3) is 0 Å². The van der Waals surface area contributed by atoms with E-state index in [1.165, 1.54) is 25.7 Å². The van der Waals surface area contributed by atoms with Gasteiger partial charge in [-0.05, 0) is 35.3 Å². The number of rotatable bonds is 7. The van der Waals surface area contributed by atoms with E-state index in [2.05, 4.69) is 40.1 Å². The van der Waals surface area contributed by atoms with Crippen molar-refractivity contribution in [1.29, 1.82) is 0 Å². The number of hydrogen-bond donors (Lipinski definition) is 1. The van der Waals surface area contributed by atoms with Crippen LogP contribution in [0.15, 0.2) is 16.7 Å². The monoisotopic (exact) mass is 318 g/mol. The summed E-state index contributed by atoms with van der Waals surface area (Å²) in [6.45, 7) is 4.40. The van der Waals surface area contributed by atoms with Gasteiger partial charge >= 0.3 is 0 Å². The van der Waals surface area contributed by atoms with Gasteiger partial charge in [0.2, 0.25) is 0 Å². The topological polar surface area (TPSA) is 24.9 Å². The molecule has 2 nitrogen and oxygen atoms in total. The second-order valence-corrected chi connectivity index (χ2v) is 5.70. The van der Waals surface area contributed by atoms with Crippen LogP contribution in [0.25, 0.3) is 0 Å². The Labute approximate surface area is 117 Å². The quantitative estimate of drug-likeness (QED) is 0.693. The van der Waals surface area contributed by atoms with Gasteiger partial charge in [-0.1, -0.05) is 44.2 Å². The van der Waals surface area contributed by atoms with Gasteiger partial charge in [0.1, 0.15) is 5.82 Å². The lowest BCUT2D eigenvalue weighted by Crippen LogP contribution is -2.16. The van der Waals surface area contributed by atoms with Crippen molar-refractivity contribution in [2.45, 2.75) is 52.0 Å². The second-order valence-electron chi connectivity index (χ2n) is 4.38. The van der Waals surface area contributed by atoms with E-state index in [4.69, 9.17) is 11.6 Å². The SMILES string of the molecule is CCCCCCC(C)Nc1ncc(Br)cc1Cl. The average Bonchev–Trinajstić information content (AvgIpc) is 2.28. The van der Waals surface area contributed by atoms with Gasteiger partial charge in [0.05, 0.1) is 5.02 Å². The molecule has 0 saturated carbocycles. The normalized spacial score (nSPS) is 12.5. The van der Waals surface area contributed by atoms with Crippen LogP contribution in [0.2, 0.25) is 5.02 Å². The molecule has 0 aliphatic heterocycles. The molecule has 0 spiro atoms. The van der Waals surface area contributed by atoms with Crippen LogP contribution in [-0.2, 0) is 0 Å². The van der Waals surface area contributed by atoms with Crippen molar-refractivity contribution < 1.29 is 0 Å². The fourth-order valence-electron chi connectivity index (χ4n) is 1.70. The Balaban J connectivity index is 2.37. The summed E-state index contributed by atoms with van der Waals surface area (Å²) in [6, 6.07) is 2.28. The zero-order valence-corrected chi connectivity index (χ0v) is 12.8. The average molecular weight is 320 g/mol. The second kappa shape index (κ2) is 7.93. The summed E-state index contributed by atoms with van der Waals surface area (Å²) >= 11 is 9.45. The van der Waals surface area contributed by atoms with Crippen molar-refractivity contribution in [2.75, 3.05) is 5.32 Å². The molecule has 1 rings (SSSR count). The largest absolute Gasteiger partial charge is 0.366 e. The Hall–Kier alpha value is -0.280. The summed E-state index contributed by atoms with van der Waals surface area (Å²) in [7, 11) is 0. The van der Waals surface area contributed by atoms with Crippen LogP contribution < -0.4 is 5.32 Å². The fraction of sp³-hybridized carbons (Fsp3) is 0.615. The number of halogens is 2. The third-order valence-corrected chi connectivity index (χ3v) is 3.40.